The fraction of sp³-hybridized carbons (Fsp3) is 0.800. The molecule has 1 aliphatic rings. The maximum atomic E-state index is 14.1. The van der Waals surface area contributed by atoms with E-state index in [0.717, 1.165) is 19.4 Å². The SMILES string of the molecule is CC(C)C[C@H](NC(=O)[C@@H](NC(=O)[C@@H](NC(=O)[C@H](CS)NC(=O)[C@H](CC(C)C)NC(=O)[C@@H]1CCCN1C(=O)[C@@H](NC(=O)[C@H](CC(C)C)NC(=O)[C@@H]([NH3+])CCCC[NH3+])[C@@H](C)O)C(C)C)[C@@H](C)O)C(=O)[O-]. The molecule has 22 nitrogen and oxygen atoms in total. The zero-order chi connectivity index (χ0) is 52.2. The lowest BCUT2D eigenvalue weighted by Gasteiger charge is -2.32. The van der Waals surface area contributed by atoms with Gasteiger partial charge in [0.2, 0.25) is 41.4 Å². The van der Waals surface area contributed by atoms with E-state index >= 15 is 0 Å². The van der Waals surface area contributed by atoms with Crippen LogP contribution >= 0.6 is 12.6 Å². The molecule has 0 aromatic heterocycles. The second-order valence-electron chi connectivity index (χ2n) is 19.6. The van der Waals surface area contributed by atoms with Crippen LogP contribution < -0.4 is 53.8 Å². The van der Waals surface area contributed by atoms with Gasteiger partial charge in [0.25, 0.3) is 5.91 Å². The topological polar surface area (TPSA) is 360 Å². The molecular formula is C45H83N10O12S+. The number of carboxylic acid groups (broad SMARTS) is 1. The largest absolute Gasteiger partial charge is 0.548 e. The van der Waals surface area contributed by atoms with Gasteiger partial charge in [0.15, 0.2) is 6.04 Å². The fourth-order valence-electron chi connectivity index (χ4n) is 7.64. The summed E-state index contributed by atoms with van der Waals surface area (Å²) >= 11 is 4.26. The zero-order valence-electron chi connectivity index (χ0n) is 41.7. The molecule has 1 fully saturated rings. The Hall–Kier alpha value is -4.58. The van der Waals surface area contributed by atoms with Crippen molar-refractivity contribution >= 4 is 65.9 Å². The third kappa shape index (κ3) is 20.6. The summed E-state index contributed by atoms with van der Waals surface area (Å²) in [5.74, 6) is -8.72. The first-order valence-corrected chi connectivity index (χ1v) is 24.5. The highest BCUT2D eigenvalue weighted by Crippen LogP contribution is 2.21. The molecule has 68 heavy (non-hydrogen) atoms. The number of quaternary nitrogens is 2. The number of aliphatic hydroxyl groups excluding tert-OH is 2. The summed E-state index contributed by atoms with van der Waals surface area (Å²) in [6, 6.07) is -11.1. The third-order valence-corrected chi connectivity index (χ3v) is 11.8. The summed E-state index contributed by atoms with van der Waals surface area (Å²) in [5, 5.41) is 50.7. The molecule has 1 rings (SSSR count). The molecule has 0 aromatic carbocycles. The quantitative estimate of drug-likeness (QED) is 0.0240. The van der Waals surface area contributed by atoms with Gasteiger partial charge in [0.05, 0.1) is 30.8 Å². The standard InChI is InChI=1S/C45H82N10O12S/c1-22(2)18-29(38(59)51-32(21-68)40(61)52-34(25(7)8)42(63)53-35(26(9)56)43(64)50-31(45(66)67)20-24(5)6)49-41(62)33-15-13-17-55(33)44(65)36(27(10)57)54-39(60)30(19-23(3)4)48-37(58)28(47)14-11-12-16-46/h22-36,56-57,68H,11-21,46-47H2,1-10H3,(H,48,58)(H,49,62)(H,50,64)(H,51,59)(H,52,61)(H,53,63)(H,54,60)(H,66,67)/p+1/t26-,27-,28+,29+,30+,31+,32+,33+,34+,35+,36+/m1/s1. The van der Waals surface area contributed by atoms with E-state index < -0.39 is 126 Å². The molecule has 0 saturated carbocycles. The monoisotopic (exact) mass is 988 g/mol. The number of rotatable bonds is 30. The smallest absolute Gasteiger partial charge is 0.278 e. The number of carbonyl (C=O) groups excluding carboxylic acids is 9. The van der Waals surface area contributed by atoms with Gasteiger partial charge >= 0.3 is 0 Å². The average Bonchev–Trinajstić information content (AvgIpc) is 3.74. The third-order valence-electron chi connectivity index (χ3n) is 11.4. The Morgan fingerprint density at radius 2 is 1.04 bits per heavy atom. The van der Waals surface area contributed by atoms with Crippen LogP contribution in [-0.2, 0) is 43.2 Å². The van der Waals surface area contributed by atoms with E-state index in [2.05, 4.69) is 61.3 Å². The minimum absolute atomic E-state index is 0.0290. The minimum atomic E-state index is -1.61. The number of aliphatic hydroxyl groups is 2. The molecule has 1 heterocycles. The maximum Gasteiger partial charge on any atom is 0.278 e. The number of likely N-dealkylation sites (tertiary alicyclic amines) is 1. The van der Waals surface area contributed by atoms with Crippen molar-refractivity contribution in [3.8, 4) is 0 Å². The number of unbranched alkanes of at least 4 members (excludes halogenated alkanes) is 1. The molecule has 0 radical (unpaired) electrons. The summed E-state index contributed by atoms with van der Waals surface area (Å²) in [6.07, 6.45) is 0.153. The second kappa shape index (κ2) is 30.1. The lowest BCUT2D eigenvalue weighted by atomic mass is 10.0. The Kier molecular flexibility index (Phi) is 27.2. The number of nitrogens with zero attached hydrogens (tertiary/aromatic N) is 1. The van der Waals surface area contributed by atoms with Crippen LogP contribution in [0.5, 0.6) is 0 Å². The lowest BCUT2D eigenvalue weighted by Crippen LogP contribution is -2.69. The van der Waals surface area contributed by atoms with Gasteiger partial charge in [0, 0.05) is 18.7 Å². The first-order valence-electron chi connectivity index (χ1n) is 23.9. The highest BCUT2D eigenvalue weighted by Gasteiger charge is 2.42. The van der Waals surface area contributed by atoms with Crippen molar-refractivity contribution in [3.05, 3.63) is 0 Å². The van der Waals surface area contributed by atoms with E-state index in [1.54, 1.807) is 27.7 Å². The van der Waals surface area contributed by atoms with Crippen LogP contribution in [0.15, 0.2) is 0 Å². The lowest BCUT2D eigenvalue weighted by molar-refractivity contribution is -0.406. The summed E-state index contributed by atoms with van der Waals surface area (Å²) in [6.45, 7) is 17.4. The van der Waals surface area contributed by atoms with E-state index in [9.17, 15) is 58.5 Å². The van der Waals surface area contributed by atoms with Crippen LogP contribution in [0.4, 0.5) is 0 Å². The van der Waals surface area contributed by atoms with E-state index in [1.165, 1.54) is 18.7 Å². The van der Waals surface area contributed by atoms with Crippen LogP contribution in [0, 0.1) is 23.7 Å². The first kappa shape index (κ1) is 61.4. The highest BCUT2D eigenvalue weighted by atomic mass is 32.1. The Balaban J connectivity index is 3.22. The Bertz CT molecular complexity index is 1700. The Labute approximate surface area is 406 Å². The first-order chi connectivity index (χ1) is 31.7. The summed E-state index contributed by atoms with van der Waals surface area (Å²) in [7, 11) is 0. The summed E-state index contributed by atoms with van der Waals surface area (Å²) in [4.78, 5) is 122. The van der Waals surface area contributed by atoms with E-state index in [-0.39, 0.29) is 55.7 Å². The molecule has 0 aromatic rings. The minimum Gasteiger partial charge on any atom is -0.548 e. The van der Waals surface area contributed by atoms with E-state index in [1.807, 2.05) is 27.7 Å². The van der Waals surface area contributed by atoms with Gasteiger partial charge in [-0.05, 0) is 82.5 Å². The molecular weight excluding hydrogens is 905 g/mol. The van der Waals surface area contributed by atoms with Crippen molar-refractivity contribution in [3.63, 3.8) is 0 Å². The van der Waals surface area contributed by atoms with Gasteiger partial charge in [-0.15, -0.1) is 0 Å². The van der Waals surface area contributed by atoms with Crippen LogP contribution in [0.25, 0.3) is 0 Å². The maximum absolute atomic E-state index is 14.1. The highest BCUT2D eigenvalue weighted by molar-refractivity contribution is 7.80. The van der Waals surface area contributed by atoms with Crippen LogP contribution in [-0.4, -0.2) is 154 Å². The molecule has 0 spiro atoms. The van der Waals surface area contributed by atoms with Gasteiger partial charge in [-0.3, -0.25) is 38.4 Å². The molecule has 1 aliphatic heterocycles. The normalized spacial score (nSPS) is 18.3. The zero-order valence-corrected chi connectivity index (χ0v) is 42.6. The molecule has 0 bridgehead atoms. The molecule has 1 saturated heterocycles. The van der Waals surface area contributed by atoms with Crippen LogP contribution in [0.1, 0.15) is 121 Å². The number of hydrogen-bond donors (Lipinski definition) is 12. The van der Waals surface area contributed by atoms with Crippen molar-refractivity contribution in [1.29, 1.82) is 0 Å². The fourth-order valence-corrected chi connectivity index (χ4v) is 7.89. The Morgan fingerprint density at radius 3 is 1.53 bits per heavy atom. The van der Waals surface area contributed by atoms with Gasteiger partial charge < -0.3 is 73.7 Å². The molecule has 15 N–H and O–H groups in total. The van der Waals surface area contributed by atoms with Crippen molar-refractivity contribution in [2.24, 2.45) is 23.7 Å². The molecule has 11 atom stereocenters. The predicted octanol–water partition coefficient (Wildman–Crippen LogP) is -4.37. The van der Waals surface area contributed by atoms with Crippen molar-refractivity contribution < 1.29 is 69.9 Å². The van der Waals surface area contributed by atoms with E-state index in [4.69, 9.17) is 0 Å². The molecule has 0 aliphatic carbocycles. The van der Waals surface area contributed by atoms with Crippen molar-refractivity contribution in [2.75, 3.05) is 18.8 Å². The van der Waals surface area contributed by atoms with Crippen molar-refractivity contribution in [2.45, 2.75) is 187 Å². The second-order valence-corrected chi connectivity index (χ2v) is 19.9. The summed E-state index contributed by atoms with van der Waals surface area (Å²) < 4.78 is 0. The number of nitrogens with one attached hydrogen (secondary N) is 7. The number of aliphatic carboxylic acids is 1. The molecule has 8 amide bonds. The number of thiol groups is 1. The van der Waals surface area contributed by atoms with Gasteiger partial charge in [0.1, 0.15) is 42.3 Å². The summed E-state index contributed by atoms with van der Waals surface area (Å²) in [5.41, 5.74) is 7.73. The Morgan fingerprint density at radius 1 is 0.603 bits per heavy atom. The van der Waals surface area contributed by atoms with Gasteiger partial charge in [-0.2, -0.15) is 12.6 Å². The molecule has 390 valence electrons. The van der Waals surface area contributed by atoms with Gasteiger partial charge in [-0.25, -0.2) is 0 Å². The van der Waals surface area contributed by atoms with E-state index in [0.29, 0.717) is 12.8 Å². The average molecular weight is 988 g/mol. The number of carboxylic acids is 1. The molecule has 0 unspecified atom stereocenters. The van der Waals surface area contributed by atoms with Crippen LogP contribution in [0.2, 0.25) is 0 Å². The number of carbonyl (C=O) groups is 9. The number of amides is 8. The predicted molar refractivity (Wildman–Crippen MR) is 252 cm³/mol. The molecule has 23 heteroatoms. The van der Waals surface area contributed by atoms with Gasteiger partial charge in [-0.1, -0.05) is 55.4 Å². The number of hydrogen-bond acceptors (Lipinski definition) is 13. The van der Waals surface area contributed by atoms with Crippen molar-refractivity contribution in [1.82, 2.24) is 42.1 Å². The van der Waals surface area contributed by atoms with Crippen LogP contribution in [0.3, 0.4) is 0 Å².